The van der Waals surface area contributed by atoms with Crippen LogP contribution in [0.3, 0.4) is 0 Å². The maximum absolute atomic E-state index is 13.4. The van der Waals surface area contributed by atoms with Crippen LogP contribution >= 0.6 is 0 Å². The molecule has 3 rings (SSSR count). The molecule has 22 heavy (non-hydrogen) atoms. The molecular weight excluding hydrogens is 285 g/mol. The van der Waals surface area contributed by atoms with Crippen molar-refractivity contribution in [3.8, 4) is 16.9 Å². The number of ether oxygens (including phenoxy) is 1. The molecule has 2 aromatic heterocycles. The van der Waals surface area contributed by atoms with Gasteiger partial charge in [0.05, 0.1) is 13.3 Å². The van der Waals surface area contributed by atoms with Crippen LogP contribution in [0.15, 0.2) is 53.5 Å². The first-order chi connectivity index (χ1) is 10.7. The normalized spacial score (nSPS) is 12.1. The highest BCUT2D eigenvalue weighted by atomic mass is 19.1. The molecule has 5 nitrogen and oxygen atoms in total. The zero-order chi connectivity index (χ0) is 15.5. The van der Waals surface area contributed by atoms with Gasteiger partial charge in [-0.05, 0) is 23.8 Å². The quantitative estimate of drug-likeness (QED) is 0.801. The third-order valence-corrected chi connectivity index (χ3v) is 3.36. The van der Waals surface area contributed by atoms with E-state index in [9.17, 15) is 4.39 Å². The Labute approximate surface area is 126 Å². The Kier molecular flexibility index (Phi) is 3.84. The number of aromatic nitrogens is 2. The number of benzene rings is 1. The molecule has 1 unspecified atom stereocenters. The molecule has 0 saturated carbocycles. The Morgan fingerprint density at radius 3 is 2.82 bits per heavy atom. The molecule has 0 aliphatic heterocycles. The predicted molar refractivity (Wildman–Crippen MR) is 78.7 cm³/mol. The van der Waals surface area contributed by atoms with E-state index in [0.29, 0.717) is 11.6 Å². The summed E-state index contributed by atoms with van der Waals surface area (Å²) < 4.78 is 23.9. The van der Waals surface area contributed by atoms with Gasteiger partial charge in [-0.25, -0.2) is 9.37 Å². The summed E-state index contributed by atoms with van der Waals surface area (Å²) >= 11 is 0. The van der Waals surface area contributed by atoms with Crippen molar-refractivity contribution in [2.75, 3.05) is 7.11 Å². The highest BCUT2D eigenvalue weighted by Gasteiger charge is 2.20. The number of methoxy groups -OCH3 is 1. The molecular formula is C16H14FN3O2. The second-order valence-corrected chi connectivity index (χ2v) is 4.66. The molecule has 0 aliphatic carbocycles. The summed E-state index contributed by atoms with van der Waals surface area (Å²) in [4.78, 5) is 8.18. The van der Waals surface area contributed by atoms with Crippen LogP contribution in [0, 0.1) is 5.82 Å². The monoisotopic (exact) mass is 299 g/mol. The van der Waals surface area contributed by atoms with E-state index in [1.165, 1.54) is 31.7 Å². The van der Waals surface area contributed by atoms with Crippen molar-refractivity contribution in [3.63, 3.8) is 0 Å². The summed E-state index contributed by atoms with van der Waals surface area (Å²) in [6, 6.07) is 5.58. The Morgan fingerprint density at radius 2 is 2.09 bits per heavy atom. The Hall–Kier alpha value is -2.73. The van der Waals surface area contributed by atoms with Crippen LogP contribution < -0.4 is 10.5 Å². The van der Waals surface area contributed by atoms with Crippen molar-refractivity contribution in [2.24, 2.45) is 5.73 Å². The van der Waals surface area contributed by atoms with Crippen LogP contribution in [0.1, 0.15) is 17.5 Å². The van der Waals surface area contributed by atoms with E-state index in [4.69, 9.17) is 14.9 Å². The number of hydrogen-bond donors (Lipinski definition) is 1. The van der Waals surface area contributed by atoms with E-state index in [-0.39, 0.29) is 5.82 Å². The van der Waals surface area contributed by atoms with Gasteiger partial charge in [0.1, 0.15) is 23.9 Å². The first-order valence-corrected chi connectivity index (χ1v) is 6.63. The molecule has 0 radical (unpaired) electrons. The standard InChI is InChI=1S/C16H14FN3O2/c1-21-14-8-10(17)2-3-12(14)11-4-5-19-9-13(11)15(18)16-20-6-7-22-16/h2-9,15H,18H2,1H3. The van der Waals surface area contributed by atoms with Crippen molar-refractivity contribution in [1.82, 2.24) is 9.97 Å². The van der Waals surface area contributed by atoms with E-state index in [0.717, 1.165) is 16.7 Å². The number of hydrogen-bond acceptors (Lipinski definition) is 5. The van der Waals surface area contributed by atoms with E-state index in [1.807, 2.05) is 0 Å². The van der Waals surface area contributed by atoms with Gasteiger partial charge in [-0.15, -0.1) is 0 Å². The van der Waals surface area contributed by atoms with Crippen molar-refractivity contribution < 1.29 is 13.5 Å². The van der Waals surface area contributed by atoms with E-state index in [1.54, 1.807) is 24.5 Å². The van der Waals surface area contributed by atoms with Crippen LogP contribution in [0.5, 0.6) is 5.75 Å². The van der Waals surface area contributed by atoms with Gasteiger partial charge >= 0.3 is 0 Å². The molecule has 2 N–H and O–H groups in total. The van der Waals surface area contributed by atoms with Crippen LogP contribution in [-0.4, -0.2) is 17.1 Å². The van der Waals surface area contributed by atoms with Gasteiger partial charge in [-0.1, -0.05) is 0 Å². The molecule has 2 heterocycles. The summed E-state index contributed by atoms with van der Waals surface area (Å²) in [6.45, 7) is 0. The van der Waals surface area contributed by atoms with Gasteiger partial charge in [-0.3, -0.25) is 4.98 Å². The van der Waals surface area contributed by atoms with Gasteiger partial charge in [0, 0.05) is 29.6 Å². The summed E-state index contributed by atoms with van der Waals surface area (Å²) in [7, 11) is 1.49. The van der Waals surface area contributed by atoms with E-state index < -0.39 is 6.04 Å². The van der Waals surface area contributed by atoms with Crippen molar-refractivity contribution in [1.29, 1.82) is 0 Å². The fraction of sp³-hybridized carbons (Fsp3) is 0.125. The summed E-state index contributed by atoms with van der Waals surface area (Å²) in [5.74, 6) is 0.440. The number of oxazole rings is 1. The lowest BCUT2D eigenvalue weighted by Crippen LogP contribution is -2.14. The van der Waals surface area contributed by atoms with Crippen LogP contribution in [0.2, 0.25) is 0 Å². The number of halogens is 1. The molecule has 0 aliphatic rings. The SMILES string of the molecule is COc1cc(F)ccc1-c1ccncc1C(N)c1ncco1. The fourth-order valence-electron chi connectivity index (χ4n) is 2.31. The fourth-order valence-corrected chi connectivity index (χ4v) is 2.31. The molecule has 1 atom stereocenters. The van der Waals surface area contributed by atoms with E-state index >= 15 is 0 Å². The Balaban J connectivity index is 2.13. The highest BCUT2D eigenvalue weighted by Crippen LogP contribution is 2.35. The van der Waals surface area contributed by atoms with Crippen molar-refractivity contribution >= 4 is 0 Å². The molecule has 3 aromatic rings. The van der Waals surface area contributed by atoms with Crippen LogP contribution in [-0.2, 0) is 0 Å². The largest absolute Gasteiger partial charge is 0.496 e. The average Bonchev–Trinajstić information content (AvgIpc) is 3.08. The van der Waals surface area contributed by atoms with Gasteiger partial charge in [0.2, 0.25) is 5.89 Å². The van der Waals surface area contributed by atoms with Gasteiger partial charge < -0.3 is 14.9 Å². The number of nitrogens with zero attached hydrogens (tertiary/aromatic N) is 2. The molecule has 0 saturated heterocycles. The zero-order valence-corrected chi connectivity index (χ0v) is 11.9. The summed E-state index contributed by atoms with van der Waals surface area (Å²) in [6.07, 6.45) is 6.28. The van der Waals surface area contributed by atoms with Gasteiger partial charge in [0.25, 0.3) is 0 Å². The minimum atomic E-state index is -0.576. The first kappa shape index (κ1) is 14.2. The molecule has 1 aromatic carbocycles. The van der Waals surface area contributed by atoms with Crippen LogP contribution in [0.25, 0.3) is 11.1 Å². The second-order valence-electron chi connectivity index (χ2n) is 4.66. The Bertz CT molecular complexity index is 775. The smallest absolute Gasteiger partial charge is 0.215 e. The minimum Gasteiger partial charge on any atom is -0.496 e. The lowest BCUT2D eigenvalue weighted by Gasteiger charge is -2.15. The third kappa shape index (κ3) is 2.56. The van der Waals surface area contributed by atoms with Crippen LogP contribution in [0.4, 0.5) is 4.39 Å². The summed E-state index contributed by atoms with van der Waals surface area (Å²) in [5.41, 5.74) is 8.44. The number of nitrogens with two attached hydrogens (primary N) is 1. The zero-order valence-electron chi connectivity index (χ0n) is 11.9. The predicted octanol–water partition coefficient (Wildman–Crippen LogP) is 2.93. The highest BCUT2D eigenvalue weighted by molar-refractivity contribution is 5.73. The number of rotatable bonds is 4. The topological polar surface area (TPSA) is 74.2 Å². The molecule has 0 spiro atoms. The van der Waals surface area contributed by atoms with Gasteiger partial charge in [0.15, 0.2) is 0 Å². The molecule has 0 bridgehead atoms. The van der Waals surface area contributed by atoms with Gasteiger partial charge in [-0.2, -0.15) is 0 Å². The maximum atomic E-state index is 13.4. The van der Waals surface area contributed by atoms with Crippen molar-refractivity contribution in [3.05, 3.63) is 66.4 Å². The first-order valence-electron chi connectivity index (χ1n) is 6.63. The Morgan fingerprint density at radius 1 is 1.23 bits per heavy atom. The molecule has 0 amide bonds. The van der Waals surface area contributed by atoms with Crippen molar-refractivity contribution in [2.45, 2.75) is 6.04 Å². The molecule has 0 fully saturated rings. The number of pyridine rings is 1. The average molecular weight is 299 g/mol. The molecule has 112 valence electrons. The molecule has 6 heteroatoms. The second kappa shape index (κ2) is 5.95. The minimum absolute atomic E-state index is 0.367. The lowest BCUT2D eigenvalue weighted by atomic mass is 9.96. The summed E-state index contributed by atoms with van der Waals surface area (Å²) in [5, 5.41) is 0. The lowest BCUT2D eigenvalue weighted by molar-refractivity contribution is 0.413. The maximum Gasteiger partial charge on any atom is 0.215 e. The van der Waals surface area contributed by atoms with E-state index in [2.05, 4.69) is 9.97 Å². The third-order valence-electron chi connectivity index (χ3n) is 3.36.